The van der Waals surface area contributed by atoms with Gasteiger partial charge in [-0.1, -0.05) is 18.2 Å². The summed E-state index contributed by atoms with van der Waals surface area (Å²) in [6.07, 6.45) is 6.74. The van der Waals surface area contributed by atoms with Crippen molar-refractivity contribution in [2.75, 3.05) is 33.9 Å². The van der Waals surface area contributed by atoms with E-state index < -0.39 is 35.6 Å². The van der Waals surface area contributed by atoms with Gasteiger partial charge in [0.05, 0.1) is 25.7 Å². The minimum atomic E-state index is -1.16. The van der Waals surface area contributed by atoms with E-state index in [4.69, 9.17) is 9.47 Å². The van der Waals surface area contributed by atoms with Gasteiger partial charge < -0.3 is 24.3 Å². The van der Waals surface area contributed by atoms with Crippen LogP contribution in [0.15, 0.2) is 72.7 Å². The zero-order chi connectivity index (χ0) is 35.4. The molecule has 0 spiro atoms. The molecule has 0 saturated heterocycles. The van der Waals surface area contributed by atoms with Crippen LogP contribution in [0.25, 0.3) is 11.1 Å². The topological polar surface area (TPSA) is 89.9 Å². The Morgan fingerprint density at radius 2 is 1.81 bits per heavy atom. The Labute approximate surface area is 282 Å². The molecule has 0 fully saturated rings. The third kappa shape index (κ3) is 10.2. The SMILES string of the molecule is C=CCCCOc1cc(F)cc(C)c1-c1cc(C)c(F)c([C@H](CC(=O)OCC)NC(=O)[C@H](CC=C)n2cc(CCN(C)C)ccc2=O)c1. The number of hydrogen-bond acceptors (Lipinski definition) is 6. The quantitative estimate of drug-likeness (QED) is 0.0917. The van der Waals surface area contributed by atoms with Gasteiger partial charge in [-0.25, -0.2) is 8.78 Å². The molecule has 1 heterocycles. The summed E-state index contributed by atoms with van der Waals surface area (Å²) in [5.74, 6) is -2.04. The lowest BCUT2D eigenvalue weighted by molar-refractivity contribution is -0.144. The van der Waals surface area contributed by atoms with E-state index in [0.717, 1.165) is 18.5 Å². The summed E-state index contributed by atoms with van der Waals surface area (Å²) >= 11 is 0. The number of halogens is 2. The Morgan fingerprint density at radius 1 is 1.06 bits per heavy atom. The van der Waals surface area contributed by atoms with Crippen LogP contribution >= 0.6 is 0 Å². The molecule has 3 rings (SSSR count). The molecule has 1 aromatic heterocycles. The first-order valence-electron chi connectivity index (χ1n) is 16.2. The number of likely N-dealkylation sites (N-methyl/N-ethyl adjacent to an activating group) is 1. The highest BCUT2D eigenvalue weighted by molar-refractivity contribution is 5.82. The predicted octanol–water partition coefficient (Wildman–Crippen LogP) is 6.79. The number of carbonyl (C=O) groups excluding carboxylic acids is 2. The summed E-state index contributed by atoms with van der Waals surface area (Å²) in [5.41, 5.74) is 2.42. The molecule has 0 aliphatic rings. The van der Waals surface area contributed by atoms with Crippen molar-refractivity contribution in [1.82, 2.24) is 14.8 Å². The Kier molecular flexibility index (Phi) is 14.3. The standard InChI is InChI=1S/C38H47F2N3O5/c1-8-11-12-18-48-33-22-29(39)20-25(4)36(33)28-19-26(5)37(40)30(21-28)31(23-35(45)47-10-3)41-38(46)32(13-9-2)43-24-27(14-15-34(43)44)16-17-42(6)7/h8-9,14-15,19-22,24,31-32H,1-2,10-13,16-18,23H2,3-7H3,(H,41,46)/t31-,32-/m0/s1. The van der Waals surface area contributed by atoms with Crippen LogP contribution in [0.4, 0.5) is 8.78 Å². The van der Waals surface area contributed by atoms with E-state index in [2.05, 4.69) is 18.5 Å². The maximum absolute atomic E-state index is 16.0. The number of amides is 1. The van der Waals surface area contributed by atoms with Gasteiger partial charge in [0, 0.05) is 36.0 Å². The Bertz CT molecular complexity index is 1670. The maximum atomic E-state index is 16.0. The molecular weight excluding hydrogens is 616 g/mol. The van der Waals surface area contributed by atoms with E-state index in [-0.39, 0.29) is 36.1 Å². The first-order valence-corrected chi connectivity index (χ1v) is 16.2. The summed E-state index contributed by atoms with van der Waals surface area (Å²) < 4.78 is 43.1. The number of nitrogens with one attached hydrogen (secondary N) is 1. The first kappa shape index (κ1) is 37.9. The molecule has 8 nitrogen and oxygen atoms in total. The van der Waals surface area contributed by atoms with Gasteiger partial charge in [-0.15, -0.1) is 13.2 Å². The van der Waals surface area contributed by atoms with Crippen molar-refractivity contribution in [3.8, 4) is 16.9 Å². The van der Waals surface area contributed by atoms with Crippen molar-refractivity contribution in [1.29, 1.82) is 0 Å². The van der Waals surface area contributed by atoms with E-state index in [1.54, 1.807) is 51.2 Å². The van der Waals surface area contributed by atoms with Gasteiger partial charge in [0.1, 0.15) is 23.4 Å². The number of hydrogen-bond donors (Lipinski definition) is 1. The zero-order valence-electron chi connectivity index (χ0n) is 28.6. The summed E-state index contributed by atoms with van der Waals surface area (Å²) in [5, 5.41) is 2.84. The van der Waals surface area contributed by atoms with E-state index in [1.807, 2.05) is 19.0 Å². The largest absolute Gasteiger partial charge is 0.493 e. The van der Waals surface area contributed by atoms with E-state index >= 15 is 4.39 Å². The van der Waals surface area contributed by atoms with Crippen LogP contribution in [0.3, 0.4) is 0 Å². The number of aromatic nitrogens is 1. The molecular formula is C38H47F2N3O5. The molecule has 258 valence electrons. The number of esters is 1. The number of ether oxygens (including phenoxy) is 2. The molecule has 1 N–H and O–H groups in total. The van der Waals surface area contributed by atoms with Gasteiger partial charge in [0.2, 0.25) is 5.91 Å². The van der Waals surface area contributed by atoms with Crippen molar-refractivity contribution in [2.24, 2.45) is 0 Å². The highest BCUT2D eigenvalue weighted by Gasteiger charge is 2.29. The summed E-state index contributed by atoms with van der Waals surface area (Å²) in [6.45, 7) is 13.6. The highest BCUT2D eigenvalue weighted by atomic mass is 19.1. The summed E-state index contributed by atoms with van der Waals surface area (Å²) in [6, 6.07) is 6.79. The van der Waals surface area contributed by atoms with E-state index in [9.17, 15) is 18.8 Å². The van der Waals surface area contributed by atoms with Crippen LogP contribution in [-0.4, -0.2) is 55.2 Å². The fourth-order valence-corrected chi connectivity index (χ4v) is 5.49. The molecule has 0 aliphatic carbocycles. The van der Waals surface area contributed by atoms with Crippen molar-refractivity contribution in [3.63, 3.8) is 0 Å². The normalized spacial score (nSPS) is 12.3. The van der Waals surface area contributed by atoms with E-state index in [0.29, 0.717) is 41.9 Å². The lowest BCUT2D eigenvalue weighted by Crippen LogP contribution is -2.39. The molecule has 0 unspecified atom stereocenters. The van der Waals surface area contributed by atoms with E-state index in [1.165, 1.54) is 28.8 Å². The molecule has 2 atom stereocenters. The Morgan fingerprint density at radius 3 is 2.48 bits per heavy atom. The van der Waals surface area contributed by atoms with Gasteiger partial charge in [0.15, 0.2) is 0 Å². The van der Waals surface area contributed by atoms with Gasteiger partial charge in [0.25, 0.3) is 5.56 Å². The number of nitrogens with zero attached hydrogens (tertiary/aromatic N) is 2. The Hall–Kier alpha value is -4.57. The summed E-state index contributed by atoms with van der Waals surface area (Å²) in [7, 11) is 3.89. The first-order chi connectivity index (χ1) is 22.9. The fraction of sp³-hybridized carbons (Fsp3) is 0.395. The third-order valence-electron chi connectivity index (χ3n) is 7.89. The number of carbonyl (C=O) groups is 2. The molecule has 0 bridgehead atoms. The van der Waals surface area contributed by atoms with Crippen LogP contribution in [0.2, 0.25) is 0 Å². The van der Waals surface area contributed by atoms with Gasteiger partial charge >= 0.3 is 5.97 Å². The summed E-state index contributed by atoms with van der Waals surface area (Å²) in [4.78, 5) is 41.8. The number of allylic oxidation sites excluding steroid dienone is 2. The number of pyridine rings is 1. The molecule has 1 amide bonds. The fourth-order valence-electron chi connectivity index (χ4n) is 5.49. The second kappa shape index (κ2) is 18.1. The van der Waals surface area contributed by atoms with Gasteiger partial charge in [-0.2, -0.15) is 0 Å². The smallest absolute Gasteiger partial charge is 0.308 e. The zero-order valence-corrected chi connectivity index (χ0v) is 28.6. The number of rotatable bonds is 18. The third-order valence-corrected chi connectivity index (χ3v) is 7.89. The molecule has 3 aromatic rings. The average Bonchev–Trinajstić information content (AvgIpc) is 3.02. The molecule has 2 aromatic carbocycles. The number of aryl methyl sites for hydroxylation is 2. The maximum Gasteiger partial charge on any atom is 0.308 e. The lowest BCUT2D eigenvalue weighted by atomic mass is 9.92. The molecule has 0 aliphatic heterocycles. The monoisotopic (exact) mass is 663 g/mol. The van der Waals surface area contributed by atoms with Crippen LogP contribution in [0.5, 0.6) is 5.75 Å². The molecule has 48 heavy (non-hydrogen) atoms. The minimum absolute atomic E-state index is 0.0390. The van der Waals surface area contributed by atoms with Crippen molar-refractivity contribution >= 4 is 11.9 Å². The molecule has 10 heteroatoms. The second-order valence-electron chi connectivity index (χ2n) is 12.0. The molecule has 0 radical (unpaired) electrons. The van der Waals surface area contributed by atoms with Crippen LogP contribution in [0, 0.1) is 25.5 Å². The predicted molar refractivity (Wildman–Crippen MR) is 185 cm³/mol. The highest BCUT2D eigenvalue weighted by Crippen LogP contribution is 2.38. The average molecular weight is 664 g/mol. The van der Waals surface area contributed by atoms with Crippen LogP contribution in [0.1, 0.15) is 66.9 Å². The van der Waals surface area contributed by atoms with Crippen molar-refractivity contribution in [2.45, 2.75) is 65.0 Å². The van der Waals surface area contributed by atoms with Crippen molar-refractivity contribution in [3.05, 3.63) is 112 Å². The van der Waals surface area contributed by atoms with Gasteiger partial charge in [-0.05, 0) is 101 Å². The Balaban J connectivity index is 2.10. The van der Waals surface area contributed by atoms with Gasteiger partial charge in [-0.3, -0.25) is 14.4 Å². The van der Waals surface area contributed by atoms with Crippen molar-refractivity contribution < 1.29 is 27.8 Å². The minimum Gasteiger partial charge on any atom is -0.493 e. The molecule has 0 saturated carbocycles. The van der Waals surface area contributed by atoms with Crippen LogP contribution in [-0.2, 0) is 20.7 Å². The lowest BCUT2D eigenvalue weighted by Gasteiger charge is -2.25. The number of unbranched alkanes of at least 4 members (excludes halogenated alkanes) is 1. The number of benzene rings is 2. The second-order valence-corrected chi connectivity index (χ2v) is 12.0. The van der Waals surface area contributed by atoms with Crippen LogP contribution < -0.4 is 15.6 Å².